The Balaban J connectivity index is 1.23. The molecule has 5 rings (SSSR count). The van der Waals surface area contributed by atoms with E-state index < -0.39 is 17.9 Å². The highest BCUT2D eigenvalue weighted by atomic mass is 35.5. The van der Waals surface area contributed by atoms with Gasteiger partial charge in [0.25, 0.3) is 0 Å². The Labute approximate surface area is 274 Å². The maximum absolute atomic E-state index is 13.4. The minimum absolute atomic E-state index is 0.0735. The van der Waals surface area contributed by atoms with E-state index in [-0.39, 0.29) is 18.2 Å². The Kier molecular flexibility index (Phi) is 10.3. The molecule has 8 nitrogen and oxygen atoms in total. The average molecular weight is 658 g/mol. The number of fused-ring (bicyclic) bond motifs is 2. The molecule has 1 saturated heterocycles. The zero-order valence-electron chi connectivity index (χ0n) is 26.6. The Hall–Kier alpha value is -2.53. The summed E-state index contributed by atoms with van der Waals surface area (Å²) in [6, 6.07) is 12.4. The first-order valence-electron chi connectivity index (χ1n) is 15.5. The molecule has 2 aliphatic heterocycles. The number of thioether (sulfide) groups is 1. The maximum Gasteiger partial charge on any atom is 0.412 e. The lowest BCUT2D eigenvalue weighted by molar-refractivity contribution is -0.119. The van der Waals surface area contributed by atoms with Gasteiger partial charge in [0.15, 0.2) is 6.23 Å². The number of aromatic nitrogens is 1. The van der Waals surface area contributed by atoms with Crippen LogP contribution in [0.25, 0.3) is 10.1 Å². The van der Waals surface area contributed by atoms with Gasteiger partial charge in [0.2, 0.25) is 5.91 Å². The summed E-state index contributed by atoms with van der Waals surface area (Å²) in [5, 5.41) is 1.87. The Morgan fingerprint density at radius 2 is 1.89 bits per heavy atom. The first kappa shape index (κ1) is 32.9. The van der Waals surface area contributed by atoms with Gasteiger partial charge in [0, 0.05) is 54.6 Å². The zero-order valence-corrected chi connectivity index (χ0v) is 29.0. The van der Waals surface area contributed by atoms with Crippen molar-refractivity contribution in [2.75, 3.05) is 54.2 Å². The van der Waals surface area contributed by atoms with Crippen LogP contribution in [0.5, 0.6) is 0 Å². The number of halogens is 1. The second-order valence-electron chi connectivity index (χ2n) is 12.8. The van der Waals surface area contributed by atoms with Crippen molar-refractivity contribution in [2.24, 2.45) is 5.92 Å². The van der Waals surface area contributed by atoms with Gasteiger partial charge in [-0.2, -0.15) is 4.37 Å². The van der Waals surface area contributed by atoms with Crippen molar-refractivity contribution in [3.63, 3.8) is 0 Å². The topological polar surface area (TPSA) is 69.2 Å². The summed E-state index contributed by atoms with van der Waals surface area (Å²) in [4.78, 5) is 35.0. The lowest BCUT2D eigenvalue weighted by atomic mass is 10.0. The highest BCUT2D eigenvalue weighted by molar-refractivity contribution is 7.99. The third kappa shape index (κ3) is 7.14. The number of carbonyl (C=O) groups is 2. The van der Waals surface area contributed by atoms with Gasteiger partial charge in [0.05, 0.1) is 22.7 Å². The molecule has 1 atom stereocenters. The Morgan fingerprint density at radius 1 is 1.16 bits per heavy atom. The largest absolute Gasteiger partial charge is 0.425 e. The summed E-state index contributed by atoms with van der Waals surface area (Å²) in [5.74, 6) is 2.34. The van der Waals surface area contributed by atoms with Crippen LogP contribution in [-0.2, 0) is 22.4 Å². The fourth-order valence-electron chi connectivity index (χ4n) is 5.80. The van der Waals surface area contributed by atoms with E-state index >= 15 is 0 Å². The Bertz CT molecular complexity index is 1480. The van der Waals surface area contributed by atoms with Crippen LogP contribution in [0.15, 0.2) is 36.4 Å². The number of hydrogen-bond donors (Lipinski definition) is 0. The van der Waals surface area contributed by atoms with Crippen LogP contribution in [0.3, 0.4) is 0 Å². The average Bonchev–Trinajstić information content (AvgIpc) is 3.54. The van der Waals surface area contributed by atoms with Gasteiger partial charge < -0.3 is 9.64 Å². The molecule has 0 bridgehead atoms. The number of amides is 2. The molecule has 3 heterocycles. The molecule has 1 unspecified atom stereocenters. The minimum Gasteiger partial charge on any atom is -0.425 e. The van der Waals surface area contributed by atoms with E-state index in [1.165, 1.54) is 10.1 Å². The first-order valence-corrected chi connectivity index (χ1v) is 17.8. The van der Waals surface area contributed by atoms with Gasteiger partial charge in [-0.15, -0.1) is 11.8 Å². The number of rotatable bonds is 10. The molecule has 2 aliphatic rings. The summed E-state index contributed by atoms with van der Waals surface area (Å²) >= 11 is 10.1. The van der Waals surface area contributed by atoms with E-state index in [0.29, 0.717) is 10.9 Å². The molecule has 1 fully saturated rings. The molecule has 44 heavy (non-hydrogen) atoms. The molecular weight excluding hydrogens is 614 g/mol. The van der Waals surface area contributed by atoms with Gasteiger partial charge in [-0.05, 0) is 73.8 Å². The third-order valence-electron chi connectivity index (χ3n) is 8.35. The van der Waals surface area contributed by atoms with Crippen LogP contribution < -0.4 is 9.80 Å². The van der Waals surface area contributed by atoms with Crippen molar-refractivity contribution in [3.8, 4) is 0 Å². The molecule has 0 aliphatic carbocycles. The van der Waals surface area contributed by atoms with Crippen molar-refractivity contribution in [2.45, 2.75) is 66.2 Å². The lowest BCUT2D eigenvalue weighted by Gasteiger charge is -2.38. The summed E-state index contributed by atoms with van der Waals surface area (Å²) in [6.45, 7) is 16.7. The quantitative estimate of drug-likeness (QED) is 0.215. The Morgan fingerprint density at radius 3 is 2.57 bits per heavy atom. The number of carbonyl (C=O) groups excluding carboxylic acids is 2. The molecule has 11 heteroatoms. The highest BCUT2D eigenvalue weighted by Crippen LogP contribution is 2.38. The van der Waals surface area contributed by atoms with Crippen LogP contribution in [0.4, 0.5) is 16.3 Å². The number of piperazine rings is 1. The van der Waals surface area contributed by atoms with Crippen LogP contribution in [0, 0.1) is 5.92 Å². The van der Waals surface area contributed by atoms with Gasteiger partial charge in [0.1, 0.15) is 5.82 Å². The molecule has 0 saturated carbocycles. The SMILES string of the molecule is CCSCN(C(=O)OC(C(C)C)N1C(=O)Cc2cc(CCN3CCN(c4nsc5ccccc45)CC3)c(Cl)cc21)C(C)(C)C. The summed E-state index contributed by atoms with van der Waals surface area (Å²) in [5.41, 5.74) is 2.31. The molecule has 2 aromatic carbocycles. The molecule has 0 radical (unpaired) electrons. The number of nitrogens with zero attached hydrogens (tertiary/aromatic N) is 5. The minimum atomic E-state index is -0.722. The smallest absolute Gasteiger partial charge is 0.412 e. The van der Waals surface area contributed by atoms with Crippen molar-refractivity contribution in [3.05, 3.63) is 52.5 Å². The van der Waals surface area contributed by atoms with E-state index in [9.17, 15) is 9.59 Å². The van der Waals surface area contributed by atoms with Crippen molar-refractivity contribution in [1.29, 1.82) is 0 Å². The molecule has 3 aromatic rings. The summed E-state index contributed by atoms with van der Waals surface area (Å²) in [6.07, 6.45) is -0.0575. The second kappa shape index (κ2) is 13.8. The standard InChI is InChI=1S/C33H44ClN5O3S2/c1-7-43-21-38(33(4,5)6)32(41)42-31(22(2)3)39-27-20-26(34)23(18-24(27)19-29(39)40)12-13-36-14-16-37(17-15-36)30-25-10-8-9-11-28(25)44-35-30/h8-11,18,20,22,31H,7,12-17,19,21H2,1-6H3. The number of anilines is 2. The zero-order chi connectivity index (χ0) is 31.6. The van der Waals surface area contributed by atoms with Crippen LogP contribution in [-0.4, -0.2) is 82.3 Å². The van der Waals surface area contributed by atoms with E-state index in [1.807, 2.05) is 40.7 Å². The first-order chi connectivity index (χ1) is 21.0. The van der Waals surface area contributed by atoms with Crippen LogP contribution >= 0.6 is 34.9 Å². The second-order valence-corrected chi connectivity index (χ2v) is 15.3. The van der Waals surface area contributed by atoms with E-state index in [2.05, 4.69) is 47.1 Å². The normalized spacial score (nSPS) is 16.6. The van der Waals surface area contributed by atoms with Gasteiger partial charge in [-0.25, -0.2) is 4.79 Å². The van der Waals surface area contributed by atoms with Crippen molar-refractivity contribution < 1.29 is 14.3 Å². The fourth-order valence-corrected chi connectivity index (χ4v) is 7.70. The van der Waals surface area contributed by atoms with Crippen LogP contribution in [0.1, 0.15) is 52.7 Å². The lowest BCUT2D eigenvalue weighted by Crippen LogP contribution is -2.51. The predicted octanol–water partition coefficient (Wildman–Crippen LogP) is 7.13. The number of ether oxygens (including phenoxy) is 1. The molecule has 2 amide bonds. The van der Waals surface area contributed by atoms with E-state index in [1.54, 1.807) is 33.1 Å². The van der Waals surface area contributed by atoms with Crippen molar-refractivity contribution >= 4 is 68.5 Å². The molecule has 1 aromatic heterocycles. The maximum atomic E-state index is 13.4. The van der Waals surface area contributed by atoms with Crippen LogP contribution in [0.2, 0.25) is 5.02 Å². The highest BCUT2D eigenvalue weighted by Gasteiger charge is 2.39. The summed E-state index contributed by atoms with van der Waals surface area (Å²) < 4.78 is 12.0. The third-order valence-corrected chi connectivity index (χ3v) is 10.4. The molecular formula is C33H44ClN5O3S2. The van der Waals surface area contributed by atoms with Crippen molar-refractivity contribution in [1.82, 2.24) is 14.2 Å². The predicted molar refractivity (Wildman–Crippen MR) is 184 cm³/mol. The van der Waals surface area contributed by atoms with E-state index in [4.69, 9.17) is 20.7 Å². The molecule has 238 valence electrons. The number of hydrogen-bond acceptors (Lipinski definition) is 8. The molecule has 0 N–H and O–H groups in total. The van der Waals surface area contributed by atoms with E-state index in [0.717, 1.165) is 67.5 Å². The van der Waals surface area contributed by atoms with Gasteiger partial charge in [-0.3, -0.25) is 19.5 Å². The molecule has 0 spiro atoms. The van der Waals surface area contributed by atoms with Gasteiger partial charge >= 0.3 is 6.09 Å². The van der Waals surface area contributed by atoms with Gasteiger partial charge in [-0.1, -0.05) is 50.6 Å². The monoisotopic (exact) mass is 657 g/mol. The summed E-state index contributed by atoms with van der Waals surface area (Å²) in [7, 11) is 0. The number of benzene rings is 2. The fraction of sp³-hybridized carbons (Fsp3) is 0.545.